The van der Waals surface area contributed by atoms with Crippen LogP contribution in [0.5, 0.6) is 0 Å². The maximum Gasteiger partial charge on any atom is 0.329 e. The number of hydrogen-bond acceptors (Lipinski definition) is 4. The predicted octanol–water partition coefficient (Wildman–Crippen LogP) is 0.151. The molecule has 3 aromatic rings. The Kier molecular flexibility index (Phi) is 2.31. The van der Waals surface area contributed by atoms with E-state index in [2.05, 4.69) is 19.9 Å². The van der Waals surface area contributed by atoms with Crippen LogP contribution in [-0.2, 0) is 7.05 Å². The summed E-state index contributed by atoms with van der Waals surface area (Å²) in [5.41, 5.74) is -0.705. The molecule has 0 saturated carbocycles. The van der Waals surface area contributed by atoms with E-state index >= 15 is 0 Å². The van der Waals surface area contributed by atoms with Crippen LogP contribution in [0, 0.1) is 5.82 Å². The minimum atomic E-state index is -0.591. The van der Waals surface area contributed by atoms with Crippen LogP contribution in [0.3, 0.4) is 0 Å². The zero-order valence-corrected chi connectivity index (χ0v) is 9.77. The molecule has 0 fully saturated rings. The van der Waals surface area contributed by atoms with Crippen molar-refractivity contribution in [2.45, 2.75) is 0 Å². The van der Waals surface area contributed by atoms with E-state index in [0.29, 0.717) is 0 Å². The summed E-state index contributed by atoms with van der Waals surface area (Å²) in [6.45, 7) is 0. The van der Waals surface area contributed by atoms with Gasteiger partial charge in [-0.3, -0.25) is 19.3 Å². The van der Waals surface area contributed by atoms with Gasteiger partial charge in [0.05, 0.1) is 11.8 Å². The lowest BCUT2D eigenvalue weighted by Crippen LogP contribution is -2.28. The Labute approximate surface area is 104 Å². The van der Waals surface area contributed by atoms with Crippen molar-refractivity contribution in [2.75, 3.05) is 0 Å². The third-order valence-electron chi connectivity index (χ3n) is 2.78. The number of imidazole rings is 1. The van der Waals surface area contributed by atoms with E-state index in [-0.39, 0.29) is 22.6 Å². The van der Waals surface area contributed by atoms with Crippen LogP contribution in [0.4, 0.5) is 4.39 Å². The molecule has 0 aliphatic carbocycles. The highest BCUT2D eigenvalue weighted by molar-refractivity contribution is 5.75. The molecule has 7 nitrogen and oxygen atoms in total. The van der Waals surface area contributed by atoms with Crippen molar-refractivity contribution < 1.29 is 4.39 Å². The lowest BCUT2D eigenvalue weighted by Gasteiger charge is -1.96. The Morgan fingerprint density at radius 1 is 1.32 bits per heavy atom. The molecule has 0 spiro atoms. The first-order chi connectivity index (χ1) is 9.08. The number of aromatic nitrogens is 5. The van der Waals surface area contributed by atoms with Crippen LogP contribution in [0.2, 0.25) is 0 Å². The lowest BCUT2D eigenvalue weighted by atomic mass is 10.2. The molecule has 0 radical (unpaired) electrons. The fraction of sp³-hybridized carbons (Fsp3) is 0.0909. The standard InChI is InChI=1S/C11H8FN5O2/c1-17-9-7(10(18)16-11(17)19)14-8(15-9)5-2-3-13-4-6(5)12/h2-4H,1H3,(H,14,15)(H,16,18,19). The first-order valence-corrected chi connectivity index (χ1v) is 5.37. The van der Waals surface area contributed by atoms with Gasteiger partial charge in [0.15, 0.2) is 11.5 Å². The Bertz CT molecular complexity index is 892. The van der Waals surface area contributed by atoms with Crippen molar-refractivity contribution in [1.82, 2.24) is 24.5 Å². The van der Waals surface area contributed by atoms with Crippen LogP contribution >= 0.6 is 0 Å². The maximum absolute atomic E-state index is 13.6. The van der Waals surface area contributed by atoms with Gasteiger partial charge in [-0.2, -0.15) is 0 Å². The third-order valence-corrected chi connectivity index (χ3v) is 2.78. The number of aromatic amines is 2. The lowest BCUT2D eigenvalue weighted by molar-refractivity contribution is 0.624. The van der Waals surface area contributed by atoms with Crippen molar-refractivity contribution in [1.29, 1.82) is 0 Å². The second kappa shape index (κ2) is 3.87. The summed E-state index contributed by atoms with van der Waals surface area (Å²) in [6.07, 6.45) is 2.46. The van der Waals surface area contributed by atoms with Crippen LogP contribution < -0.4 is 11.2 Å². The molecule has 3 aromatic heterocycles. The molecule has 0 amide bonds. The highest BCUT2D eigenvalue weighted by atomic mass is 19.1. The van der Waals surface area contributed by atoms with Crippen molar-refractivity contribution in [3.8, 4) is 11.4 Å². The highest BCUT2D eigenvalue weighted by Crippen LogP contribution is 2.19. The first kappa shape index (κ1) is 11.3. The number of hydrogen-bond donors (Lipinski definition) is 2. The molecule has 0 aromatic carbocycles. The van der Waals surface area contributed by atoms with Gasteiger partial charge >= 0.3 is 5.69 Å². The van der Waals surface area contributed by atoms with Crippen LogP contribution in [0.15, 0.2) is 28.0 Å². The second-order valence-electron chi connectivity index (χ2n) is 3.96. The van der Waals surface area contributed by atoms with Crippen molar-refractivity contribution in [2.24, 2.45) is 7.05 Å². The number of H-pyrrole nitrogens is 2. The largest absolute Gasteiger partial charge is 0.332 e. The summed E-state index contributed by atoms with van der Waals surface area (Å²) in [5.74, 6) is -0.399. The molecule has 0 bridgehead atoms. The number of halogens is 1. The van der Waals surface area contributed by atoms with Gasteiger partial charge < -0.3 is 4.98 Å². The summed E-state index contributed by atoms with van der Waals surface area (Å²) in [4.78, 5) is 35.6. The Morgan fingerprint density at radius 3 is 2.84 bits per heavy atom. The Morgan fingerprint density at radius 2 is 2.11 bits per heavy atom. The minimum absolute atomic E-state index is 0.119. The molecule has 3 heterocycles. The summed E-state index contributed by atoms with van der Waals surface area (Å²) in [7, 11) is 1.47. The van der Waals surface area contributed by atoms with Crippen LogP contribution in [0.25, 0.3) is 22.6 Å². The molecular weight excluding hydrogens is 253 g/mol. The molecule has 2 N–H and O–H groups in total. The molecular formula is C11H8FN5O2. The molecule has 96 valence electrons. The highest BCUT2D eigenvalue weighted by Gasteiger charge is 2.14. The van der Waals surface area contributed by atoms with E-state index < -0.39 is 17.1 Å². The van der Waals surface area contributed by atoms with E-state index in [1.165, 1.54) is 23.9 Å². The summed E-state index contributed by atoms with van der Waals surface area (Å²) >= 11 is 0. The summed E-state index contributed by atoms with van der Waals surface area (Å²) in [5, 5.41) is 0. The number of rotatable bonds is 1. The second-order valence-corrected chi connectivity index (χ2v) is 3.96. The topological polar surface area (TPSA) is 96.4 Å². The predicted molar refractivity (Wildman–Crippen MR) is 65.1 cm³/mol. The fourth-order valence-electron chi connectivity index (χ4n) is 1.80. The smallest absolute Gasteiger partial charge is 0.329 e. The average Bonchev–Trinajstić information content (AvgIpc) is 2.82. The van der Waals surface area contributed by atoms with Crippen molar-refractivity contribution in [3.05, 3.63) is 45.1 Å². The summed E-state index contributed by atoms with van der Waals surface area (Å²) in [6, 6.07) is 1.43. The molecule has 0 saturated heterocycles. The zero-order valence-electron chi connectivity index (χ0n) is 9.77. The quantitative estimate of drug-likeness (QED) is 0.651. The van der Waals surface area contributed by atoms with Crippen molar-refractivity contribution >= 4 is 11.2 Å². The molecule has 0 unspecified atom stereocenters. The van der Waals surface area contributed by atoms with Gasteiger partial charge in [-0.15, -0.1) is 0 Å². The van der Waals surface area contributed by atoms with Crippen molar-refractivity contribution in [3.63, 3.8) is 0 Å². The normalized spacial score (nSPS) is 11.1. The number of nitrogens with zero attached hydrogens (tertiary/aromatic N) is 3. The van der Waals surface area contributed by atoms with E-state index in [4.69, 9.17) is 0 Å². The fourth-order valence-corrected chi connectivity index (χ4v) is 1.80. The SMILES string of the molecule is Cn1c(=O)[nH]c(=O)c2[nH]c(-c3ccncc3F)nc21. The van der Waals surface area contributed by atoms with E-state index in [1.54, 1.807) is 0 Å². The maximum atomic E-state index is 13.6. The molecule has 0 aliphatic heterocycles. The zero-order chi connectivity index (χ0) is 13.6. The average molecular weight is 261 g/mol. The molecule has 3 rings (SSSR count). The Balaban J connectivity index is 2.38. The van der Waals surface area contributed by atoms with Gasteiger partial charge in [-0.1, -0.05) is 0 Å². The molecule has 0 atom stereocenters. The summed E-state index contributed by atoms with van der Waals surface area (Å²) < 4.78 is 14.8. The van der Waals surface area contributed by atoms with Gasteiger partial charge in [-0.25, -0.2) is 14.2 Å². The van der Waals surface area contributed by atoms with E-state index in [0.717, 1.165) is 6.20 Å². The van der Waals surface area contributed by atoms with Crippen LogP contribution in [0.1, 0.15) is 0 Å². The number of fused-ring (bicyclic) bond motifs is 1. The molecule has 19 heavy (non-hydrogen) atoms. The number of aryl methyl sites for hydroxylation is 1. The Hall–Kier alpha value is -2.77. The van der Waals surface area contributed by atoms with Gasteiger partial charge in [0.2, 0.25) is 0 Å². The number of nitrogens with one attached hydrogen (secondary N) is 2. The van der Waals surface area contributed by atoms with Gasteiger partial charge in [0.1, 0.15) is 11.3 Å². The van der Waals surface area contributed by atoms with Gasteiger partial charge in [0.25, 0.3) is 5.56 Å². The molecule has 0 aliphatic rings. The number of pyridine rings is 1. The molecule has 8 heteroatoms. The van der Waals surface area contributed by atoms with Gasteiger partial charge in [-0.05, 0) is 6.07 Å². The third kappa shape index (κ3) is 1.65. The van der Waals surface area contributed by atoms with E-state index in [9.17, 15) is 14.0 Å². The van der Waals surface area contributed by atoms with Gasteiger partial charge in [0, 0.05) is 13.2 Å². The monoisotopic (exact) mass is 261 g/mol. The first-order valence-electron chi connectivity index (χ1n) is 5.37. The minimum Gasteiger partial charge on any atom is -0.332 e. The van der Waals surface area contributed by atoms with Crippen LogP contribution in [-0.4, -0.2) is 24.5 Å². The van der Waals surface area contributed by atoms with E-state index in [1.807, 2.05) is 0 Å².